The van der Waals surface area contributed by atoms with Crippen LogP contribution < -0.4 is 16.1 Å². The molecule has 6 nitrogen and oxygen atoms in total. The van der Waals surface area contributed by atoms with Gasteiger partial charge in [-0.3, -0.25) is 14.3 Å². The molecule has 0 amide bonds. The van der Waals surface area contributed by atoms with Gasteiger partial charge in [0.25, 0.3) is 5.56 Å². The Labute approximate surface area is 170 Å². The Morgan fingerprint density at radius 1 is 0.897 bits per heavy atom. The van der Waals surface area contributed by atoms with Crippen LogP contribution in [-0.4, -0.2) is 47.2 Å². The molecule has 1 aliphatic heterocycles. The number of piperazine rings is 1. The molecule has 1 aromatic heterocycles. The largest absolute Gasteiger partial charge is 0.369 e. The van der Waals surface area contributed by atoms with Gasteiger partial charge in [-0.25, -0.2) is 4.79 Å². The Morgan fingerprint density at radius 2 is 1.66 bits per heavy atom. The number of aryl methyl sites for hydroxylation is 1. The smallest absolute Gasteiger partial charge is 0.328 e. The van der Waals surface area contributed by atoms with E-state index in [-0.39, 0.29) is 11.2 Å². The fourth-order valence-electron chi connectivity index (χ4n) is 4.06. The average molecular weight is 393 g/mol. The van der Waals surface area contributed by atoms with Crippen molar-refractivity contribution >= 4 is 16.6 Å². The molecule has 0 aliphatic carbocycles. The molecule has 0 bridgehead atoms. The van der Waals surface area contributed by atoms with Crippen molar-refractivity contribution in [2.75, 3.05) is 37.6 Å². The van der Waals surface area contributed by atoms with E-state index >= 15 is 0 Å². The highest BCUT2D eigenvalue weighted by atomic mass is 16.2. The monoisotopic (exact) mass is 392 g/mol. The summed E-state index contributed by atoms with van der Waals surface area (Å²) in [5.41, 5.74) is 2.69. The van der Waals surface area contributed by atoms with E-state index in [4.69, 9.17) is 0 Å². The molecule has 1 saturated heterocycles. The summed E-state index contributed by atoms with van der Waals surface area (Å²) in [6.45, 7) is 7.76. The number of aromatic nitrogens is 2. The molecule has 0 radical (unpaired) electrons. The van der Waals surface area contributed by atoms with E-state index in [1.165, 1.54) is 15.8 Å². The molecular formula is C23H28N4O2. The minimum Gasteiger partial charge on any atom is -0.369 e. The number of unbranched alkanes of at least 4 members (excludes halogenated alkanes) is 1. The van der Waals surface area contributed by atoms with Crippen LogP contribution in [0.4, 0.5) is 5.69 Å². The SMILES string of the molecule is Cc1cccc(N2CCN(CCCCn3c(=O)[nH]c4ccccc4c3=O)CC2)c1. The number of rotatable bonds is 6. The number of H-pyrrole nitrogens is 1. The lowest BCUT2D eigenvalue weighted by Crippen LogP contribution is -2.46. The summed E-state index contributed by atoms with van der Waals surface area (Å²) < 4.78 is 1.33. The maximum atomic E-state index is 12.6. The summed E-state index contributed by atoms with van der Waals surface area (Å²) in [6, 6.07) is 15.8. The first-order valence-corrected chi connectivity index (χ1v) is 10.4. The van der Waals surface area contributed by atoms with Crippen LogP contribution in [0.5, 0.6) is 0 Å². The van der Waals surface area contributed by atoms with Crippen LogP contribution in [0.15, 0.2) is 58.1 Å². The van der Waals surface area contributed by atoms with E-state index in [0.29, 0.717) is 17.4 Å². The second-order valence-corrected chi connectivity index (χ2v) is 7.81. The zero-order valence-electron chi connectivity index (χ0n) is 16.9. The predicted octanol–water partition coefficient (Wildman–Crippen LogP) is 2.60. The molecule has 0 unspecified atom stereocenters. The maximum Gasteiger partial charge on any atom is 0.328 e. The Bertz CT molecular complexity index is 1090. The lowest BCUT2D eigenvalue weighted by molar-refractivity contribution is 0.251. The number of nitrogens with zero attached hydrogens (tertiary/aromatic N) is 3. The molecule has 1 aliphatic rings. The van der Waals surface area contributed by atoms with Gasteiger partial charge in [0.05, 0.1) is 10.9 Å². The van der Waals surface area contributed by atoms with Crippen LogP contribution in [-0.2, 0) is 6.54 Å². The Balaban J connectivity index is 1.27. The number of aromatic amines is 1. The van der Waals surface area contributed by atoms with Gasteiger partial charge >= 0.3 is 5.69 Å². The van der Waals surface area contributed by atoms with Gasteiger partial charge in [0, 0.05) is 38.4 Å². The molecule has 4 rings (SSSR count). The number of hydrogen-bond donors (Lipinski definition) is 1. The van der Waals surface area contributed by atoms with E-state index in [1.807, 2.05) is 12.1 Å². The van der Waals surface area contributed by atoms with Gasteiger partial charge in [-0.1, -0.05) is 24.3 Å². The third-order valence-electron chi connectivity index (χ3n) is 5.73. The third-order valence-corrected chi connectivity index (χ3v) is 5.73. The zero-order valence-corrected chi connectivity index (χ0v) is 16.9. The molecule has 3 aromatic rings. The number of anilines is 1. The summed E-state index contributed by atoms with van der Waals surface area (Å²) in [6.07, 6.45) is 1.79. The third kappa shape index (κ3) is 4.43. The van der Waals surface area contributed by atoms with Crippen LogP contribution in [0.1, 0.15) is 18.4 Å². The molecule has 0 saturated carbocycles. The van der Waals surface area contributed by atoms with Crippen LogP contribution in [0, 0.1) is 6.92 Å². The first-order chi connectivity index (χ1) is 14.1. The molecule has 0 spiro atoms. The molecule has 1 fully saturated rings. The minimum absolute atomic E-state index is 0.198. The number of hydrogen-bond acceptors (Lipinski definition) is 4. The van der Waals surface area contributed by atoms with Gasteiger partial charge in [0.1, 0.15) is 0 Å². The lowest BCUT2D eigenvalue weighted by atomic mass is 10.2. The number of nitrogens with one attached hydrogen (secondary N) is 1. The molecule has 152 valence electrons. The van der Waals surface area contributed by atoms with Crippen molar-refractivity contribution in [3.05, 3.63) is 74.9 Å². The van der Waals surface area contributed by atoms with Crippen LogP contribution in [0.25, 0.3) is 10.9 Å². The number of fused-ring (bicyclic) bond motifs is 1. The van der Waals surface area contributed by atoms with Gasteiger partial charge in [0.2, 0.25) is 0 Å². The Morgan fingerprint density at radius 3 is 2.45 bits per heavy atom. The topological polar surface area (TPSA) is 61.3 Å². The van der Waals surface area contributed by atoms with Gasteiger partial charge in [-0.15, -0.1) is 0 Å². The Hall–Kier alpha value is -2.86. The van der Waals surface area contributed by atoms with E-state index in [0.717, 1.165) is 45.6 Å². The van der Waals surface area contributed by atoms with E-state index in [2.05, 4.69) is 46.0 Å². The van der Waals surface area contributed by atoms with Crippen molar-refractivity contribution < 1.29 is 0 Å². The summed E-state index contributed by atoms with van der Waals surface area (Å²) in [4.78, 5) is 32.5. The zero-order chi connectivity index (χ0) is 20.2. The van der Waals surface area contributed by atoms with Gasteiger partial charge < -0.3 is 9.88 Å². The van der Waals surface area contributed by atoms with Crippen molar-refractivity contribution in [1.82, 2.24) is 14.5 Å². The Kier molecular flexibility index (Phi) is 5.81. The van der Waals surface area contributed by atoms with Crippen molar-refractivity contribution in [1.29, 1.82) is 0 Å². The molecule has 1 N–H and O–H groups in total. The van der Waals surface area contributed by atoms with Gasteiger partial charge in [-0.2, -0.15) is 0 Å². The highest BCUT2D eigenvalue weighted by Crippen LogP contribution is 2.18. The maximum absolute atomic E-state index is 12.6. The second kappa shape index (κ2) is 8.66. The lowest BCUT2D eigenvalue weighted by Gasteiger charge is -2.36. The normalized spacial score (nSPS) is 15.1. The fourth-order valence-corrected chi connectivity index (χ4v) is 4.06. The molecule has 2 aromatic carbocycles. The first-order valence-electron chi connectivity index (χ1n) is 10.4. The molecular weight excluding hydrogens is 364 g/mol. The predicted molar refractivity (Wildman–Crippen MR) is 118 cm³/mol. The van der Waals surface area contributed by atoms with Crippen LogP contribution in [0.3, 0.4) is 0 Å². The highest BCUT2D eigenvalue weighted by molar-refractivity contribution is 5.76. The minimum atomic E-state index is -0.319. The number of benzene rings is 2. The molecule has 29 heavy (non-hydrogen) atoms. The number of para-hydroxylation sites is 1. The van der Waals surface area contributed by atoms with Crippen molar-refractivity contribution in [3.63, 3.8) is 0 Å². The van der Waals surface area contributed by atoms with Crippen LogP contribution >= 0.6 is 0 Å². The molecule has 2 heterocycles. The summed E-state index contributed by atoms with van der Waals surface area (Å²) >= 11 is 0. The second-order valence-electron chi connectivity index (χ2n) is 7.81. The van der Waals surface area contributed by atoms with Crippen LogP contribution in [0.2, 0.25) is 0 Å². The summed E-state index contributed by atoms with van der Waals surface area (Å²) in [7, 11) is 0. The standard InChI is InChI=1S/C23H28N4O2/c1-18-7-6-8-19(17-18)26-15-13-25(14-16-26)11-4-5-12-27-22(28)20-9-2-3-10-21(20)24-23(27)29/h2-3,6-10,17H,4-5,11-16H2,1H3,(H,24,29). The van der Waals surface area contributed by atoms with Crippen molar-refractivity contribution in [2.24, 2.45) is 0 Å². The van der Waals surface area contributed by atoms with E-state index < -0.39 is 0 Å². The van der Waals surface area contributed by atoms with Crippen molar-refractivity contribution in [3.8, 4) is 0 Å². The van der Waals surface area contributed by atoms with Gasteiger partial charge in [0.15, 0.2) is 0 Å². The summed E-state index contributed by atoms with van der Waals surface area (Å²) in [5, 5.41) is 0.569. The quantitative estimate of drug-likeness (QED) is 0.655. The molecule has 0 atom stereocenters. The van der Waals surface area contributed by atoms with E-state index in [9.17, 15) is 9.59 Å². The van der Waals surface area contributed by atoms with E-state index in [1.54, 1.807) is 12.1 Å². The van der Waals surface area contributed by atoms with Gasteiger partial charge in [-0.05, 0) is 56.1 Å². The fraction of sp³-hybridized carbons (Fsp3) is 0.391. The first kappa shape index (κ1) is 19.5. The van der Waals surface area contributed by atoms with Crippen molar-refractivity contribution in [2.45, 2.75) is 26.3 Å². The summed E-state index contributed by atoms with van der Waals surface area (Å²) in [5.74, 6) is 0. The highest BCUT2D eigenvalue weighted by Gasteiger charge is 2.17. The average Bonchev–Trinajstić information content (AvgIpc) is 2.73. The molecule has 6 heteroatoms.